The SMILES string of the molecule is CC(C)(C)OC(=O)N[C@@H](C(=O)O)[C@H](O)c1cccc2ccccc12. The van der Waals surface area contributed by atoms with E-state index in [1.807, 2.05) is 18.2 Å². The smallest absolute Gasteiger partial charge is 0.408 e. The molecule has 0 aromatic heterocycles. The van der Waals surface area contributed by atoms with Crippen molar-refractivity contribution < 1.29 is 24.5 Å². The van der Waals surface area contributed by atoms with Crippen molar-refractivity contribution >= 4 is 22.8 Å². The molecule has 6 heteroatoms. The number of carboxylic acids is 1. The van der Waals surface area contributed by atoms with Crippen molar-refractivity contribution in [3.05, 3.63) is 48.0 Å². The second kappa shape index (κ2) is 6.88. The van der Waals surface area contributed by atoms with Crippen LogP contribution in [0.1, 0.15) is 32.4 Å². The van der Waals surface area contributed by atoms with E-state index in [1.165, 1.54) is 0 Å². The summed E-state index contributed by atoms with van der Waals surface area (Å²) in [6, 6.07) is 11.0. The Balaban J connectivity index is 2.30. The number of nitrogens with one attached hydrogen (secondary N) is 1. The third-order valence-electron chi connectivity index (χ3n) is 3.40. The van der Waals surface area contributed by atoms with Crippen molar-refractivity contribution in [1.29, 1.82) is 0 Å². The van der Waals surface area contributed by atoms with E-state index in [0.717, 1.165) is 10.8 Å². The first-order chi connectivity index (χ1) is 11.2. The van der Waals surface area contributed by atoms with Crippen LogP contribution in [0.4, 0.5) is 4.79 Å². The number of aliphatic carboxylic acids is 1. The fraction of sp³-hybridized carbons (Fsp3) is 0.333. The van der Waals surface area contributed by atoms with Crippen LogP contribution in [0.5, 0.6) is 0 Å². The van der Waals surface area contributed by atoms with E-state index in [-0.39, 0.29) is 0 Å². The highest BCUT2D eigenvalue weighted by molar-refractivity contribution is 5.88. The third-order valence-corrected chi connectivity index (χ3v) is 3.40. The molecule has 0 heterocycles. The maximum absolute atomic E-state index is 11.9. The summed E-state index contributed by atoms with van der Waals surface area (Å²) >= 11 is 0. The fourth-order valence-electron chi connectivity index (χ4n) is 2.40. The van der Waals surface area contributed by atoms with Crippen molar-refractivity contribution in [2.75, 3.05) is 0 Å². The second-order valence-electron chi connectivity index (χ2n) is 6.48. The van der Waals surface area contributed by atoms with E-state index in [4.69, 9.17) is 4.74 Å². The summed E-state index contributed by atoms with van der Waals surface area (Å²) in [5.41, 5.74) is -0.339. The van der Waals surface area contributed by atoms with Gasteiger partial charge in [-0.2, -0.15) is 0 Å². The normalized spacial score (nSPS) is 14.0. The molecule has 128 valence electrons. The molecule has 2 atom stereocenters. The molecule has 0 aliphatic rings. The third kappa shape index (κ3) is 4.23. The Morgan fingerprint density at radius 2 is 1.71 bits per heavy atom. The topological polar surface area (TPSA) is 95.9 Å². The van der Waals surface area contributed by atoms with Crippen LogP contribution in [0.15, 0.2) is 42.5 Å². The molecule has 2 aromatic carbocycles. The van der Waals surface area contributed by atoms with Gasteiger partial charge in [0.2, 0.25) is 0 Å². The molecule has 24 heavy (non-hydrogen) atoms. The minimum Gasteiger partial charge on any atom is -0.480 e. The first-order valence-electron chi connectivity index (χ1n) is 7.57. The van der Waals surface area contributed by atoms with E-state index >= 15 is 0 Å². The van der Waals surface area contributed by atoms with E-state index in [2.05, 4.69) is 5.32 Å². The summed E-state index contributed by atoms with van der Waals surface area (Å²) in [5.74, 6) is -1.35. The summed E-state index contributed by atoms with van der Waals surface area (Å²) in [6.45, 7) is 5.01. The lowest BCUT2D eigenvalue weighted by Crippen LogP contribution is -2.46. The van der Waals surface area contributed by atoms with Gasteiger partial charge in [0.15, 0.2) is 6.04 Å². The van der Waals surface area contributed by atoms with Crippen LogP contribution < -0.4 is 5.32 Å². The Labute approximate surface area is 140 Å². The Morgan fingerprint density at radius 3 is 2.33 bits per heavy atom. The lowest BCUT2D eigenvalue weighted by Gasteiger charge is -2.25. The lowest BCUT2D eigenvalue weighted by atomic mass is 9.96. The van der Waals surface area contributed by atoms with Crippen LogP contribution in [0.25, 0.3) is 10.8 Å². The molecular weight excluding hydrogens is 310 g/mol. The fourth-order valence-corrected chi connectivity index (χ4v) is 2.40. The monoisotopic (exact) mass is 331 g/mol. The first-order valence-corrected chi connectivity index (χ1v) is 7.57. The number of benzene rings is 2. The average molecular weight is 331 g/mol. The van der Waals surface area contributed by atoms with Crippen LogP contribution in [0.3, 0.4) is 0 Å². The standard InChI is InChI=1S/C18H21NO5/c1-18(2,3)24-17(23)19-14(16(21)22)15(20)13-10-6-8-11-7-4-5-9-12(11)13/h4-10,14-15,20H,1-3H3,(H,19,23)(H,21,22)/t14-,15-/m1/s1. The zero-order chi connectivity index (χ0) is 17.9. The Bertz CT molecular complexity index is 745. The highest BCUT2D eigenvalue weighted by Crippen LogP contribution is 2.26. The van der Waals surface area contributed by atoms with Crippen molar-refractivity contribution in [2.45, 2.75) is 38.5 Å². The molecular formula is C18H21NO5. The molecule has 0 fully saturated rings. The maximum Gasteiger partial charge on any atom is 0.408 e. The largest absolute Gasteiger partial charge is 0.480 e. The van der Waals surface area contributed by atoms with E-state index in [0.29, 0.717) is 5.56 Å². The second-order valence-corrected chi connectivity index (χ2v) is 6.48. The van der Waals surface area contributed by atoms with Crippen LogP contribution in [-0.4, -0.2) is 33.9 Å². The summed E-state index contributed by atoms with van der Waals surface area (Å²) in [7, 11) is 0. The number of aliphatic hydroxyl groups is 1. The number of fused-ring (bicyclic) bond motifs is 1. The van der Waals surface area contributed by atoms with Gasteiger partial charge in [0.05, 0.1) is 0 Å². The summed E-state index contributed by atoms with van der Waals surface area (Å²) < 4.78 is 5.07. The van der Waals surface area contributed by atoms with Gasteiger partial charge in [-0.1, -0.05) is 42.5 Å². The Morgan fingerprint density at radius 1 is 1.08 bits per heavy atom. The van der Waals surface area contributed by atoms with Crippen molar-refractivity contribution in [1.82, 2.24) is 5.32 Å². The van der Waals surface area contributed by atoms with Gasteiger partial charge in [-0.15, -0.1) is 0 Å². The summed E-state index contributed by atoms with van der Waals surface area (Å²) in [4.78, 5) is 23.4. The predicted octanol–water partition coefficient (Wildman–Crippen LogP) is 2.85. The number of alkyl carbamates (subject to hydrolysis) is 1. The zero-order valence-corrected chi connectivity index (χ0v) is 13.8. The first kappa shape index (κ1) is 17.7. The number of ether oxygens (including phenoxy) is 1. The van der Waals surface area contributed by atoms with Crippen LogP contribution in [0, 0.1) is 0 Å². The summed E-state index contributed by atoms with van der Waals surface area (Å²) in [6.07, 6.45) is -2.31. The molecule has 0 unspecified atom stereocenters. The molecule has 2 rings (SSSR count). The van der Waals surface area contributed by atoms with Crippen LogP contribution in [0.2, 0.25) is 0 Å². The van der Waals surface area contributed by atoms with E-state index in [1.54, 1.807) is 45.0 Å². The van der Waals surface area contributed by atoms with Crippen molar-refractivity contribution in [2.24, 2.45) is 0 Å². The number of rotatable bonds is 4. The van der Waals surface area contributed by atoms with Gasteiger partial charge in [0.25, 0.3) is 0 Å². The van der Waals surface area contributed by atoms with Crippen molar-refractivity contribution in [3.8, 4) is 0 Å². The highest BCUT2D eigenvalue weighted by atomic mass is 16.6. The number of hydrogen-bond donors (Lipinski definition) is 3. The van der Waals surface area contributed by atoms with Crippen LogP contribution >= 0.6 is 0 Å². The van der Waals surface area contributed by atoms with Gasteiger partial charge in [-0.25, -0.2) is 9.59 Å². The molecule has 3 N–H and O–H groups in total. The molecule has 0 aliphatic carbocycles. The molecule has 1 amide bonds. The molecule has 0 spiro atoms. The van der Waals surface area contributed by atoms with Crippen LogP contribution in [-0.2, 0) is 9.53 Å². The van der Waals surface area contributed by atoms with Gasteiger partial charge in [0.1, 0.15) is 11.7 Å². The molecule has 6 nitrogen and oxygen atoms in total. The zero-order valence-electron chi connectivity index (χ0n) is 13.8. The quantitative estimate of drug-likeness (QED) is 0.800. The molecule has 0 saturated carbocycles. The summed E-state index contributed by atoms with van der Waals surface area (Å²) in [5, 5.41) is 23.8. The lowest BCUT2D eigenvalue weighted by molar-refractivity contribution is -0.142. The number of carboxylic acid groups (broad SMARTS) is 1. The van der Waals surface area contributed by atoms with Gasteiger partial charge in [-0.3, -0.25) is 0 Å². The van der Waals surface area contributed by atoms with Gasteiger partial charge in [0, 0.05) is 0 Å². The predicted molar refractivity (Wildman–Crippen MR) is 89.7 cm³/mol. The Kier molecular flexibility index (Phi) is 5.09. The van der Waals surface area contributed by atoms with Gasteiger partial charge in [-0.05, 0) is 37.1 Å². The average Bonchev–Trinajstić information content (AvgIpc) is 2.49. The van der Waals surface area contributed by atoms with Gasteiger partial charge >= 0.3 is 12.1 Å². The highest BCUT2D eigenvalue weighted by Gasteiger charge is 2.32. The molecule has 0 bridgehead atoms. The van der Waals surface area contributed by atoms with E-state index < -0.39 is 29.8 Å². The number of carbonyl (C=O) groups excluding carboxylic acids is 1. The molecule has 0 aliphatic heterocycles. The number of hydrogen-bond acceptors (Lipinski definition) is 4. The molecule has 0 saturated heterocycles. The van der Waals surface area contributed by atoms with Gasteiger partial charge < -0.3 is 20.3 Å². The number of carbonyl (C=O) groups is 2. The minimum absolute atomic E-state index is 0.427. The van der Waals surface area contributed by atoms with Crippen molar-refractivity contribution in [3.63, 3.8) is 0 Å². The Hall–Kier alpha value is -2.60. The number of aliphatic hydroxyl groups excluding tert-OH is 1. The molecule has 2 aromatic rings. The number of amides is 1. The maximum atomic E-state index is 11.9. The minimum atomic E-state index is -1.52. The van der Waals surface area contributed by atoms with E-state index in [9.17, 15) is 19.8 Å². The molecule has 0 radical (unpaired) electrons.